The number of benzene rings is 1. The number of rotatable bonds is 6. The molecule has 0 aliphatic carbocycles. The molecular formula is C19H29FN4O4. The molecule has 0 spiro atoms. The van der Waals surface area contributed by atoms with Crippen molar-refractivity contribution in [3.63, 3.8) is 0 Å². The van der Waals surface area contributed by atoms with Crippen molar-refractivity contribution in [2.45, 2.75) is 26.0 Å². The molecule has 0 aromatic heterocycles. The Morgan fingerprint density at radius 1 is 1.29 bits per heavy atom. The van der Waals surface area contributed by atoms with Crippen LogP contribution in [-0.4, -0.2) is 86.4 Å². The first kappa shape index (κ1) is 20.8. The van der Waals surface area contributed by atoms with E-state index in [1.54, 1.807) is 0 Å². The summed E-state index contributed by atoms with van der Waals surface area (Å²) in [7, 11) is 1.36. The molecule has 28 heavy (non-hydrogen) atoms. The van der Waals surface area contributed by atoms with E-state index in [2.05, 4.69) is 23.6 Å². The third-order valence-corrected chi connectivity index (χ3v) is 5.52. The van der Waals surface area contributed by atoms with Crippen molar-refractivity contribution in [3.05, 3.63) is 28.1 Å². The van der Waals surface area contributed by atoms with Crippen molar-refractivity contribution in [1.29, 1.82) is 0 Å². The van der Waals surface area contributed by atoms with E-state index in [0.29, 0.717) is 24.8 Å². The molecule has 8 nitrogen and oxygen atoms in total. The number of nitrogens with zero attached hydrogens (tertiary/aromatic N) is 4. The van der Waals surface area contributed by atoms with E-state index in [-0.39, 0.29) is 17.5 Å². The average Bonchev–Trinajstić information content (AvgIpc) is 2.68. The van der Waals surface area contributed by atoms with Crippen LogP contribution in [0.3, 0.4) is 0 Å². The zero-order valence-corrected chi connectivity index (χ0v) is 16.8. The largest absolute Gasteiger partial charge is 0.494 e. The van der Waals surface area contributed by atoms with Gasteiger partial charge in [0.15, 0.2) is 11.6 Å². The van der Waals surface area contributed by atoms with Crippen molar-refractivity contribution in [2.24, 2.45) is 0 Å². The second-order valence-electron chi connectivity index (χ2n) is 7.60. The second kappa shape index (κ2) is 9.02. The van der Waals surface area contributed by atoms with Crippen LogP contribution in [0, 0.1) is 15.9 Å². The number of halogens is 1. The molecule has 0 bridgehead atoms. The molecule has 0 saturated carbocycles. The quantitative estimate of drug-likeness (QED) is 0.538. The van der Waals surface area contributed by atoms with Gasteiger partial charge in [0.05, 0.1) is 30.8 Å². The van der Waals surface area contributed by atoms with Crippen molar-refractivity contribution < 1.29 is 18.8 Å². The number of piperazine rings is 1. The van der Waals surface area contributed by atoms with E-state index in [4.69, 9.17) is 9.47 Å². The smallest absolute Gasteiger partial charge is 0.295 e. The molecule has 1 aromatic rings. The predicted molar refractivity (Wildman–Crippen MR) is 105 cm³/mol. The summed E-state index contributed by atoms with van der Waals surface area (Å²) >= 11 is 0. The first-order valence-electron chi connectivity index (χ1n) is 9.74. The number of hydrogen-bond acceptors (Lipinski definition) is 7. The number of anilines is 1. The summed E-state index contributed by atoms with van der Waals surface area (Å²) in [6.45, 7) is 10.7. The Hall–Kier alpha value is -1.97. The first-order chi connectivity index (χ1) is 13.4. The average molecular weight is 396 g/mol. The number of nitro groups is 1. The van der Waals surface area contributed by atoms with Gasteiger partial charge in [0.1, 0.15) is 5.69 Å². The van der Waals surface area contributed by atoms with E-state index < -0.39 is 10.7 Å². The van der Waals surface area contributed by atoms with Crippen LogP contribution in [-0.2, 0) is 4.74 Å². The lowest BCUT2D eigenvalue weighted by atomic mass is 10.1. The maximum absolute atomic E-state index is 13.9. The van der Waals surface area contributed by atoms with Gasteiger partial charge >= 0.3 is 0 Å². The maximum Gasteiger partial charge on any atom is 0.295 e. The van der Waals surface area contributed by atoms with E-state index in [9.17, 15) is 14.5 Å². The molecular weight excluding hydrogens is 367 g/mol. The van der Waals surface area contributed by atoms with Crippen LogP contribution in [0.4, 0.5) is 15.8 Å². The van der Waals surface area contributed by atoms with Crippen LogP contribution in [0.15, 0.2) is 12.1 Å². The molecule has 9 heteroatoms. The molecule has 1 unspecified atom stereocenters. The minimum Gasteiger partial charge on any atom is -0.494 e. The van der Waals surface area contributed by atoms with Crippen molar-refractivity contribution in [1.82, 2.24) is 9.80 Å². The Balaban J connectivity index is 1.62. The van der Waals surface area contributed by atoms with Crippen LogP contribution < -0.4 is 9.64 Å². The van der Waals surface area contributed by atoms with Gasteiger partial charge in [0, 0.05) is 57.9 Å². The standard InChI is InChI=1S/C19H29FN4O4/c1-14(2)23-8-9-28-15(13-23)12-21-4-6-22(7-5-21)17-11-19(27-3)16(20)10-18(17)24(25)26/h10-11,14-15H,4-9,12-13H2,1-3H3. The fourth-order valence-electron chi connectivity index (χ4n) is 3.87. The second-order valence-corrected chi connectivity index (χ2v) is 7.60. The Labute approximate surface area is 164 Å². The van der Waals surface area contributed by atoms with Crippen LogP contribution in [0.25, 0.3) is 0 Å². The van der Waals surface area contributed by atoms with Gasteiger partial charge in [-0.15, -0.1) is 0 Å². The molecule has 1 aromatic carbocycles. The first-order valence-corrected chi connectivity index (χ1v) is 9.74. The highest BCUT2D eigenvalue weighted by molar-refractivity contribution is 5.66. The van der Waals surface area contributed by atoms with Crippen LogP contribution in [0.5, 0.6) is 5.75 Å². The molecule has 2 saturated heterocycles. The minimum absolute atomic E-state index is 0.0208. The Morgan fingerprint density at radius 2 is 2.00 bits per heavy atom. The third-order valence-electron chi connectivity index (χ3n) is 5.52. The van der Waals surface area contributed by atoms with E-state index in [0.717, 1.165) is 45.4 Å². The van der Waals surface area contributed by atoms with Crippen LogP contribution in [0.1, 0.15) is 13.8 Å². The lowest BCUT2D eigenvalue weighted by Crippen LogP contribution is -2.53. The van der Waals surface area contributed by atoms with Crippen molar-refractivity contribution in [3.8, 4) is 5.75 Å². The van der Waals surface area contributed by atoms with Crippen molar-refractivity contribution >= 4 is 11.4 Å². The SMILES string of the molecule is COc1cc(N2CCN(CC3CN(C(C)C)CCO3)CC2)c([N+](=O)[O-])cc1F. The van der Waals surface area contributed by atoms with E-state index in [1.807, 2.05) is 4.90 Å². The maximum atomic E-state index is 13.9. The van der Waals surface area contributed by atoms with E-state index in [1.165, 1.54) is 13.2 Å². The predicted octanol–water partition coefficient (Wildman–Crippen LogP) is 1.97. The van der Waals surface area contributed by atoms with Crippen molar-refractivity contribution in [2.75, 3.05) is 64.4 Å². The number of nitro benzene ring substituents is 1. The summed E-state index contributed by atoms with van der Waals surface area (Å²) in [5, 5.41) is 11.4. The lowest BCUT2D eigenvalue weighted by molar-refractivity contribution is -0.384. The number of morpholine rings is 1. The van der Waals surface area contributed by atoms with Gasteiger partial charge < -0.3 is 14.4 Å². The van der Waals surface area contributed by atoms with Gasteiger partial charge in [-0.2, -0.15) is 0 Å². The zero-order valence-electron chi connectivity index (χ0n) is 16.8. The minimum atomic E-state index is -0.722. The molecule has 0 radical (unpaired) electrons. The van der Waals surface area contributed by atoms with Gasteiger partial charge in [-0.3, -0.25) is 19.9 Å². The molecule has 1 atom stereocenters. The highest BCUT2D eigenvalue weighted by Crippen LogP contribution is 2.35. The summed E-state index contributed by atoms with van der Waals surface area (Å²) in [5.74, 6) is -0.701. The molecule has 2 aliphatic heterocycles. The molecule has 2 heterocycles. The number of ether oxygens (including phenoxy) is 2. The summed E-state index contributed by atoms with van der Waals surface area (Å²) in [5.41, 5.74) is 0.178. The Bertz CT molecular complexity index is 695. The molecule has 156 valence electrons. The normalized spacial score (nSPS) is 21.9. The molecule has 2 fully saturated rings. The third kappa shape index (κ3) is 4.71. The fraction of sp³-hybridized carbons (Fsp3) is 0.684. The Kier molecular flexibility index (Phi) is 6.69. The topological polar surface area (TPSA) is 71.3 Å². The highest BCUT2D eigenvalue weighted by Gasteiger charge is 2.29. The monoisotopic (exact) mass is 396 g/mol. The van der Waals surface area contributed by atoms with Gasteiger partial charge in [-0.1, -0.05) is 0 Å². The lowest BCUT2D eigenvalue weighted by Gasteiger charge is -2.40. The van der Waals surface area contributed by atoms with Gasteiger partial charge in [-0.05, 0) is 13.8 Å². The Morgan fingerprint density at radius 3 is 2.61 bits per heavy atom. The summed E-state index contributed by atoms with van der Waals surface area (Å²) in [4.78, 5) is 17.5. The zero-order chi connectivity index (χ0) is 20.3. The molecule has 3 rings (SSSR count). The fourth-order valence-corrected chi connectivity index (χ4v) is 3.87. The highest BCUT2D eigenvalue weighted by atomic mass is 19.1. The van der Waals surface area contributed by atoms with Crippen LogP contribution >= 0.6 is 0 Å². The summed E-state index contributed by atoms with van der Waals surface area (Å²) in [6, 6.07) is 2.88. The molecule has 0 N–H and O–H groups in total. The summed E-state index contributed by atoms with van der Waals surface area (Å²) in [6.07, 6.45) is 0.183. The van der Waals surface area contributed by atoms with Gasteiger partial charge in [-0.25, -0.2) is 4.39 Å². The van der Waals surface area contributed by atoms with Gasteiger partial charge in [0.25, 0.3) is 5.69 Å². The number of hydrogen-bond donors (Lipinski definition) is 0. The number of methoxy groups -OCH3 is 1. The van der Waals surface area contributed by atoms with E-state index >= 15 is 0 Å². The molecule has 0 amide bonds. The summed E-state index contributed by atoms with van der Waals surface area (Å²) < 4.78 is 24.8. The van der Waals surface area contributed by atoms with Gasteiger partial charge in [0.2, 0.25) is 0 Å². The molecule has 2 aliphatic rings. The van der Waals surface area contributed by atoms with Crippen LogP contribution in [0.2, 0.25) is 0 Å².